The normalized spacial score (nSPS) is 17.5. The van der Waals surface area contributed by atoms with Crippen LogP contribution in [0.15, 0.2) is 18.2 Å². The third-order valence-electron chi connectivity index (χ3n) is 2.93. The number of hydrogen-bond donors (Lipinski definition) is 2. The Balaban J connectivity index is 2.05. The maximum atomic E-state index is 13.1. The van der Waals surface area contributed by atoms with Crippen molar-refractivity contribution < 1.29 is 9.50 Å². The predicted molar refractivity (Wildman–Crippen MR) is 58.5 cm³/mol. The maximum Gasteiger partial charge on any atom is 0.166 e. The van der Waals surface area contributed by atoms with Crippen molar-refractivity contribution in [2.75, 3.05) is 5.32 Å². The molecule has 0 spiro atoms. The van der Waals surface area contributed by atoms with E-state index in [4.69, 9.17) is 5.11 Å². The number of nitrogens with one attached hydrogen (secondary N) is 1. The van der Waals surface area contributed by atoms with Crippen molar-refractivity contribution in [2.24, 2.45) is 5.92 Å². The lowest BCUT2D eigenvalue weighted by atomic mass is 10.1. The third kappa shape index (κ3) is 2.41. The number of aromatic hydroxyl groups is 1. The van der Waals surface area contributed by atoms with E-state index in [2.05, 4.69) is 12.2 Å². The highest BCUT2D eigenvalue weighted by Gasteiger charge is 2.29. The van der Waals surface area contributed by atoms with Gasteiger partial charge in [-0.25, -0.2) is 4.39 Å². The molecule has 15 heavy (non-hydrogen) atoms. The molecule has 0 amide bonds. The van der Waals surface area contributed by atoms with E-state index in [1.807, 2.05) is 0 Å². The third-order valence-corrected chi connectivity index (χ3v) is 2.93. The molecular formula is C12H16FNO. The minimum absolute atomic E-state index is 0.292. The molecule has 2 nitrogen and oxygen atoms in total. The van der Waals surface area contributed by atoms with Crippen molar-refractivity contribution in [3.05, 3.63) is 24.0 Å². The zero-order valence-corrected chi connectivity index (χ0v) is 8.83. The Bertz CT molecular complexity index is 349. The van der Waals surface area contributed by atoms with Crippen LogP contribution in [0.25, 0.3) is 0 Å². The van der Waals surface area contributed by atoms with Crippen molar-refractivity contribution in [3.63, 3.8) is 0 Å². The molecule has 1 fully saturated rings. The van der Waals surface area contributed by atoms with Crippen molar-refractivity contribution in [1.29, 1.82) is 0 Å². The van der Waals surface area contributed by atoms with Crippen LogP contribution in [0.4, 0.5) is 10.1 Å². The van der Waals surface area contributed by atoms with Crippen molar-refractivity contribution in [3.8, 4) is 5.75 Å². The number of benzene rings is 1. The molecule has 0 bridgehead atoms. The second kappa shape index (κ2) is 4.09. The van der Waals surface area contributed by atoms with Crippen LogP contribution in [0.3, 0.4) is 0 Å². The summed E-state index contributed by atoms with van der Waals surface area (Å²) in [5, 5.41) is 12.4. The molecular weight excluding hydrogens is 193 g/mol. The molecule has 1 saturated carbocycles. The average molecular weight is 209 g/mol. The van der Waals surface area contributed by atoms with Crippen molar-refractivity contribution in [1.82, 2.24) is 0 Å². The number of hydrogen-bond acceptors (Lipinski definition) is 2. The van der Waals surface area contributed by atoms with Crippen LogP contribution in [0, 0.1) is 11.7 Å². The van der Waals surface area contributed by atoms with E-state index in [-0.39, 0.29) is 5.75 Å². The van der Waals surface area contributed by atoms with Gasteiger partial charge in [-0.3, -0.25) is 0 Å². The lowest BCUT2D eigenvalue weighted by Gasteiger charge is -2.17. The van der Waals surface area contributed by atoms with Crippen LogP contribution in [-0.4, -0.2) is 11.1 Å². The van der Waals surface area contributed by atoms with Gasteiger partial charge in [0.2, 0.25) is 0 Å². The number of phenols is 1. The molecule has 2 rings (SSSR count). The van der Waals surface area contributed by atoms with Crippen LogP contribution in [-0.2, 0) is 0 Å². The molecule has 82 valence electrons. The number of anilines is 1. The molecule has 1 aromatic carbocycles. The van der Waals surface area contributed by atoms with Gasteiger partial charge < -0.3 is 10.4 Å². The highest BCUT2D eigenvalue weighted by atomic mass is 19.1. The van der Waals surface area contributed by atoms with Crippen LogP contribution < -0.4 is 5.32 Å². The Hall–Kier alpha value is -1.25. The zero-order valence-electron chi connectivity index (χ0n) is 8.83. The summed E-state index contributed by atoms with van der Waals surface area (Å²) in [6.07, 6.45) is 3.59. The molecule has 0 radical (unpaired) electrons. The molecule has 0 saturated heterocycles. The number of rotatable bonds is 4. The van der Waals surface area contributed by atoms with Crippen LogP contribution in [0.2, 0.25) is 0 Å². The largest absolute Gasteiger partial charge is 0.505 e. The first-order valence-electron chi connectivity index (χ1n) is 5.45. The first-order valence-corrected chi connectivity index (χ1v) is 5.45. The Morgan fingerprint density at radius 1 is 1.53 bits per heavy atom. The topological polar surface area (TPSA) is 32.3 Å². The summed E-state index contributed by atoms with van der Waals surface area (Å²) in [6, 6.07) is 4.88. The van der Waals surface area contributed by atoms with Gasteiger partial charge in [-0.2, -0.15) is 0 Å². The van der Waals surface area contributed by atoms with Gasteiger partial charge >= 0.3 is 0 Å². The predicted octanol–water partition coefficient (Wildman–Crippen LogP) is 3.13. The Labute approximate surface area is 89.1 Å². The lowest BCUT2D eigenvalue weighted by molar-refractivity contribution is 0.432. The van der Waals surface area contributed by atoms with Gasteiger partial charge in [0.25, 0.3) is 0 Å². The SMILES string of the molecule is CCC(Nc1ccc(O)c(F)c1)C1CC1. The van der Waals surface area contributed by atoms with Crippen molar-refractivity contribution >= 4 is 5.69 Å². The van der Waals surface area contributed by atoms with Gasteiger partial charge in [0, 0.05) is 17.8 Å². The Morgan fingerprint density at radius 3 is 2.80 bits per heavy atom. The second-order valence-electron chi connectivity index (χ2n) is 4.16. The molecule has 1 aliphatic carbocycles. The quantitative estimate of drug-likeness (QED) is 0.747. The lowest BCUT2D eigenvalue weighted by Crippen LogP contribution is -2.20. The molecule has 1 atom stereocenters. The molecule has 1 aromatic rings. The molecule has 0 aliphatic heterocycles. The molecule has 2 N–H and O–H groups in total. The van der Waals surface area contributed by atoms with E-state index < -0.39 is 5.82 Å². The summed E-state index contributed by atoms with van der Waals surface area (Å²) in [5.41, 5.74) is 0.754. The summed E-state index contributed by atoms with van der Waals surface area (Å²) >= 11 is 0. The van der Waals surface area contributed by atoms with E-state index in [1.54, 1.807) is 6.07 Å². The standard InChI is InChI=1S/C12H16FNO/c1-2-11(8-3-4-8)14-9-5-6-12(15)10(13)7-9/h5-8,11,14-15H,2-4H2,1H3. The zero-order chi connectivity index (χ0) is 10.8. The van der Waals surface area contributed by atoms with E-state index in [1.165, 1.54) is 25.0 Å². The van der Waals surface area contributed by atoms with Gasteiger partial charge in [0.1, 0.15) is 0 Å². The second-order valence-corrected chi connectivity index (χ2v) is 4.16. The highest BCUT2D eigenvalue weighted by Crippen LogP contribution is 2.35. The minimum atomic E-state index is -0.564. The van der Waals surface area contributed by atoms with Crippen LogP contribution in [0.1, 0.15) is 26.2 Å². The average Bonchev–Trinajstić information content (AvgIpc) is 3.03. The van der Waals surface area contributed by atoms with Gasteiger partial charge in [-0.15, -0.1) is 0 Å². The van der Waals surface area contributed by atoms with Gasteiger partial charge in [-0.05, 0) is 37.3 Å². The summed E-state index contributed by atoms with van der Waals surface area (Å²) in [5.74, 6) is -0.113. The highest BCUT2D eigenvalue weighted by molar-refractivity contribution is 5.47. The van der Waals surface area contributed by atoms with E-state index in [0.717, 1.165) is 18.0 Å². The first-order chi connectivity index (χ1) is 7.20. The molecule has 0 heterocycles. The van der Waals surface area contributed by atoms with Gasteiger partial charge in [0.15, 0.2) is 11.6 Å². The van der Waals surface area contributed by atoms with Gasteiger partial charge in [-0.1, -0.05) is 6.92 Å². The fourth-order valence-corrected chi connectivity index (χ4v) is 1.86. The summed E-state index contributed by atoms with van der Waals surface area (Å²) < 4.78 is 13.1. The smallest absolute Gasteiger partial charge is 0.166 e. The van der Waals surface area contributed by atoms with Gasteiger partial charge in [0.05, 0.1) is 0 Å². The number of halogens is 1. The van der Waals surface area contributed by atoms with E-state index in [0.29, 0.717) is 6.04 Å². The molecule has 1 unspecified atom stereocenters. The molecule has 3 heteroatoms. The fraction of sp³-hybridized carbons (Fsp3) is 0.500. The molecule has 0 aromatic heterocycles. The maximum absolute atomic E-state index is 13.1. The minimum Gasteiger partial charge on any atom is -0.505 e. The monoisotopic (exact) mass is 209 g/mol. The Morgan fingerprint density at radius 2 is 2.27 bits per heavy atom. The Kier molecular flexibility index (Phi) is 2.80. The fourth-order valence-electron chi connectivity index (χ4n) is 1.86. The summed E-state index contributed by atoms with van der Waals surface area (Å²) in [6.45, 7) is 2.13. The molecule has 1 aliphatic rings. The summed E-state index contributed by atoms with van der Waals surface area (Å²) in [7, 11) is 0. The van der Waals surface area contributed by atoms with Crippen molar-refractivity contribution in [2.45, 2.75) is 32.2 Å². The van der Waals surface area contributed by atoms with Crippen LogP contribution >= 0.6 is 0 Å². The number of phenolic OH excluding ortho intramolecular Hbond substituents is 1. The van der Waals surface area contributed by atoms with E-state index >= 15 is 0 Å². The summed E-state index contributed by atoms with van der Waals surface area (Å²) in [4.78, 5) is 0. The van der Waals surface area contributed by atoms with E-state index in [9.17, 15) is 4.39 Å². The first kappa shape index (κ1) is 10.3. The van der Waals surface area contributed by atoms with Crippen LogP contribution in [0.5, 0.6) is 5.75 Å².